The van der Waals surface area contributed by atoms with Crippen molar-refractivity contribution >= 4 is 11.6 Å². The standard InChI is InChI=1S/C15H19Cl/c1-9(2)10-7-8-12-14-11(15(10,12)3)5-4-6-13(14)16/h4-6,9-10,12H,7-8H2,1-3H3. The van der Waals surface area contributed by atoms with Gasteiger partial charge in [0.25, 0.3) is 0 Å². The van der Waals surface area contributed by atoms with E-state index in [2.05, 4.69) is 32.9 Å². The summed E-state index contributed by atoms with van der Waals surface area (Å²) in [6, 6.07) is 6.44. The van der Waals surface area contributed by atoms with Crippen LogP contribution in [-0.2, 0) is 5.41 Å². The quantitative estimate of drug-likeness (QED) is 0.657. The van der Waals surface area contributed by atoms with E-state index in [-0.39, 0.29) is 0 Å². The van der Waals surface area contributed by atoms with Gasteiger partial charge in [0.15, 0.2) is 0 Å². The molecule has 0 radical (unpaired) electrons. The van der Waals surface area contributed by atoms with E-state index in [0.717, 1.165) is 22.8 Å². The second kappa shape index (κ2) is 3.26. The first-order chi connectivity index (χ1) is 7.56. The van der Waals surface area contributed by atoms with Gasteiger partial charge in [0.2, 0.25) is 0 Å². The van der Waals surface area contributed by atoms with E-state index in [9.17, 15) is 0 Å². The highest BCUT2D eigenvalue weighted by Crippen LogP contribution is 2.66. The van der Waals surface area contributed by atoms with Gasteiger partial charge in [0, 0.05) is 10.4 Å². The molecular formula is C15H19Cl. The third-order valence-electron chi connectivity index (χ3n) is 5.05. The SMILES string of the molecule is CC(C)C1CCC2c3c(Cl)cccc3C21C. The topological polar surface area (TPSA) is 0 Å². The van der Waals surface area contributed by atoms with Gasteiger partial charge in [0.05, 0.1) is 0 Å². The maximum atomic E-state index is 6.32. The Morgan fingerprint density at radius 1 is 1.31 bits per heavy atom. The van der Waals surface area contributed by atoms with Crippen molar-refractivity contribution in [1.82, 2.24) is 0 Å². The molecule has 16 heavy (non-hydrogen) atoms. The van der Waals surface area contributed by atoms with Crippen molar-refractivity contribution in [2.75, 3.05) is 0 Å². The summed E-state index contributed by atoms with van der Waals surface area (Å²) in [4.78, 5) is 0. The molecule has 1 aromatic carbocycles. The molecule has 0 saturated heterocycles. The summed E-state index contributed by atoms with van der Waals surface area (Å²) in [6.45, 7) is 7.18. The Labute approximate surface area is 103 Å². The van der Waals surface area contributed by atoms with Crippen LogP contribution < -0.4 is 0 Å². The van der Waals surface area contributed by atoms with Crippen molar-refractivity contribution in [2.24, 2.45) is 11.8 Å². The minimum Gasteiger partial charge on any atom is -0.0840 e. The molecule has 86 valence electrons. The van der Waals surface area contributed by atoms with Gasteiger partial charge in [0.1, 0.15) is 0 Å². The van der Waals surface area contributed by atoms with Crippen molar-refractivity contribution in [3.63, 3.8) is 0 Å². The fourth-order valence-electron chi connectivity index (χ4n) is 4.34. The van der Waals surface area contributed by atoms with Crippen LogP contribution in [0.25, 0.3) is 0 Å². The second-order valence-electron chi connectivity index (χ2n) is 5.96. The summed E-state index contributed by atoms with van der Waals surface area (Å²) in [5, 5.41) is 0.990. The van der Waals surface area contributed by atoms with Crippen molar-refractivity contribution in [2.45, 2.75) is 44.9 Å². The first kappa shape index (κ1) is 10.7. The molecule has 1 saturated carbocycles. The molecule has 0 heterocycles. The largest absolute Gasteiger partial charge is 0.0840 e. The van der Waals surface area contributed by atoms with Crippen LogP contribution in [0.1, 0.15) is 50.7 Å². The van der Waals surface area contributed by atoms with Gasteiger partial charge in [-0.3, -0.25) is 0 Å². The van der Waals surface area contributed by atoms with E-state index in [4.69, 9.17) is 11.6 Å². The minimum absolute atomic E-state index is 0.411. The number of benzene rings is 1. The van der Waals surface area contributed by atoms with Crippen LogP contribution in [-0.4, -0.2) is 0 Å². The number of halogens is 1. The summed E-state index contributed by atoms with van der Waals surface area (Å²) in [5.41, 5.74) is 3.39. The zero-order valence-electron chi connectivity index (χ0n) is 10.3. The van der Waals surface area contributed by atoms with E-state index in [0.29, 0.717) is 5.41 Å². The highest BCUT2D eigenvalue weighted by molar-refractivity contribution is 6.31. The average molecular weight is 235 g/mol. The molecule has 1 fully saturated rings. The first-order valence-corrected chi connectivity index (χ1v) is 6.73. The number of hydrogen-bond donors (Lipinski definition) is 0. The van der Waals surface area contributed by atoms with Crippen molar-refractivity contribution < 1.29 is 0 Å². The van der Waals surface area contributed by atoms with Crippen LogP contribution in [0, 0.1) is 11.8 Å². The first-order valence-electron chi connectivity index (χ1n) is 6.35. The maximum absolute atomic E-state index is 6.32. The molecule has 0 aromatic heterocycles. The molecule has 0 N–H and O–H groups in total. The Kier molecular flexibility index (Phi) is 2.17. The van der Waals surface area contributed by atoms with Gasteiger partial charge >= 0.3 is 0 Å². The smallest absolute Gasteiger partial charge is 0.0444 e. The fourth-order valence-corrected chi connectivity index (χ4v) is 4.65. The van der Waals surface area contributed by atoms with Crippen LogP contribution in [0.5, 0.6) is 0 Å². The zero-order valence-corrected chi connectivity index (χ0v) is 11.0. The number of rotatable bonds is 1. The normalized spacial score (nSPS) is 35.8. The van der Waals surface area contributed by atoms with Gasteiger partial charge in [-0.2, -0.15) is 0 Å². The Morgan fingerprint density at radius 2 is 2.06 bits per heavy atom. The summed E-state index contributed by atoms with van der Waals surface area (Å²) in [7, 11) is 0. The fraction of sp³-hybridized carbons (Fsp3) is 0.600. The zero-order chi connectivity index (χ0) is 11.5. The van der Waals surface area contributed by atoms with Crippen molar-refractivity contribution in [1.29, 1.82) is 0 Å². The van der Waals surface area contributed by atoms with Crippen molar-refractivity contribution in [3.8, 4) is 0 Å². The predicted octanol–water partition coefficient (Wildman–Crippen LogP) is 4.76. The third-order valence-corrected chi connectivity index (χ3v) is 5.38. The van der Waals surface area contributed by atoms with E-state index in [1.54, 1.807) is 0 Å². The second-order valence-corrected chi connectivity index (χ2v) is 6.37. The molecule has 0 bridgehead atoms. The van der Waals surface area contributed by atoms with E-state index >= 15 is 0 Å². The van der Waals surface area contributed by atoms with Crippen LogP contribution in [0.2, 0.25) is 5.02 Å². The lowest BCUT2D eigenvalue weighted by Gasteiger charge is -2.50. The Hall–Kier alpha value is -0.490. The highest BCUT2D eigenvalue weighted by atomic mass is 35.5. The lowest BCUT2D eigenvalue weighted by atomic mass is 9.54. The van der Waals surface area contributed by atoms with Crippen LogP contribution >= 0.6 is 11.6 Å². The molecule has 1 heteroatoms. The molecule has 3 rings (SSSR count). The average Bonchev–Trinajstić information content (AvgIpc) is 2.51. The molecular weight excluding hydrogens is 216 g/mol. The maximum Gasteiger partial charge on any atom is 0.0444 e. The molecule has 1 aromatic rings. The predicted molar refractivity (Wildman–Crippen MR) is 69.1 cm³/mol. The molecule has 0 nitrogen and oxygen atoms in total. The van der Waals surface area contributed by atoms with Gasteiger partial charge in [-0.15, -0.1) is 0 Å². The highest BCUT2D eigenvalue weighted by Gasteiger charge is 2.57. The third kappa shape index (κ3) is 1.07. The van der Waals surface area contributed by atoms with E-state index in [1.807, 2.05) is 6.07 Å². The summed E-state index contributed by atoms with van der Waals surface area (Å²) < 4.78 is 0. The molecule has 3 atom stereocenters. The van der Waals surface area contributed by atoms with Gasteiger partial charge in [-0.1, -0.05) is 44.5 Å². The number of hydrogen-bond acceptors (Lipinski definition) is 0. The number of fused-ring (bicyclic) bond motifs is 4. The molecule has 0 aliphatic heterocycles. The van der Waals surface area contributed by atoms with Crippen LogP contribution in [0.3, 0.4) is 0 Å². The lowest BCUT2D eigenvalue weighted by molar-refractivity contribution is 0.217. The minimum atomic E-state index is 0.411. The summed E-state index contributed by atoms with van der Waals surface area (Å²) in [5.74, 6) is 2.34. The van der Waals surface area contributed by atoms with Gasteiger partial charge in [-0.05, 0) is 47.8 Å². The lowest BCUT2D eigenvalue weighted by Crippen LogP contribution is -2.43. The Morgan fingerprint density at radius 3 is 2.75 bits per heavy atom. The molecule has 2 aliphatic rings. The Bertz CT molecular complexity index is 435. The van der Waals surface area contributed by atoms with Crippen molar-refractivity contribution in [3.05, 3.63) is 34.3 Å². The summed E-state index contributed by atoms with van der Waals surface area (Å²) >= 11 is 6.32. The molecule has 0 amide bonds. The van der Waals surface area contributed by atoms with E-state index in [1.165, 1.54) is 24.0 Å². The van der Waals surface area contributed by atoms with E-state index < -0.39 is 0 Å². The van der Waals surface area contributed by atoms with Gasteiger partial charge < -0.3 is 0 Å². The van der Waals surface area contributed by atoms with Crippen LogP contribution in [0.15, 0.2) is 18.2 Å². The Balaban J connectivity index is 2.11. The molecule has 2 aliphatic carbocycles. The van der Waals surface area contributed by atoms with Gasteiger partial charge in [-0.25, -0.2) is 0 Å². The van der Waals surface area contributed by atoms with Crippen LogP contribution in [0.4, 0.5) is 0 Å². The monoisotopic (exact) mass is 234 g/mol. The molecule has 3 unspecified atom stereocenters. The summed E-state index contributed by atoms with van der Waals surface area (Å²) in [6.07, 6.45) is 2.69. The molecule has 0 spiro atoms.